The van der Waals surface area contributed by atoms with E-state index in [0.717, 1.165) is 30.8 Å². The molecule has 1 aliphatic rings. The maximum absolute atomic E-state index is 14.2. The minimum atomic E-state index is -3.77. The fraction of sp³-hybridized carbons (Fsp3) is 0.500. The predicted molar refractivity (Wildman–Crippen MR) is 101 cm³/mol. The number of carbonyl (C=O) groups is 1. The van der Waals surface area contributed by atoms with Gasteiger partial charge in [-0.15, -0.1) is 10.2 Å². The summed E-state index contributed by atoms with van der Waals surface area (Å²) in [6, 6.07) is 3.28. The Labute approximate surface area is 163 Å². The Morgan fingerprint density at radius 1 is 1.32 bits per heavy atom. The van der Waals surface area contributed by atoms with Crippen LogP contribution in [0.1, 0.15) is 48.8 Å². The maximum atomic E-state index is 14.2. The molecule has 1 heterocycles. The van der Waals surface area contributed by atoms with E-state index in [9.17, 15) is 17.6 Å². The van der Waals surface area contributed by atoms with Crippen LogP contribution in [-0.4, -0.2) is 53.0 Å². The quantitative estimate of drug-likeness (QED) is 0.681. The zero-order chi connectivity index (χ0) is 20.3. The normalized spacial score (nSPS) is 14.4. The van der Waals surface area contributed by atoms with Gasteiger partial charge < -0.3 is 9.88 Å². The highest BCUT2D eigenvalue weighted by molar-refractivity contribution is 7.89. The number of nitrogens with one attached hydrogen (secondary N) is 1. The summed E-state index contributed by atoms with van der Waals surface area (Å²) in [4.78, 5) is 12.3. The topological polar surface area (TPSA) is 97.2 Å². The number of amides is 1. The molecule has 1 aliphatic carbocycles. The van der Waals surface area contributed by atoms with E-state index < -0.39 is 21.7 Å². The standard InChI is InChI=1S/C18H24FN5O3S/c1-3-24(4-2)28(26,27)14-7-8-16(19)15(11-14)18(25)20-9-10-23-12-21-22-17(23)13-5-6-13/h7-8,11-13H,3-6,9-10H2,1-2H3,(H,20,25). The van der Waals surface area contributed by atoms with Crippen LogP contribution in [0.3, 0.4) is 0 Å². The summed E-state index contributed by atoms with van der Waals surface area (Å²) >= 11 is 0. The van der Waals surface area contributed by atoms with Gasteiger partial charge in [0, 0.05) is 32.1 Å². The van der Waals surface area contributed by atoms with Gasteiger partial charge in [0.15, 0.2) is 0 Å². The Hall–Kier alpha value is -2.33. The third kappa shape index (κ3) is 4.22. The summed E-state index contributed by atoms with van der Waals surface area (Å²) in [6.45, 7) is 4.74. The molecule has 0 spiro atoms. The summed E-state index contributed by atoms with van der Waals surface area (Å²) < 4.78 is 42.5. The molecule has 0 aliphatic heterocycles. The third-order valence-electron chi connectivity index (χ3n) is 4.75. The van der Waals surface area contributed by atoms with Gasteiger partial charge in [0.05, 0.1) is 10.5 Å². The lowest BCUT2D eigenvalue weighted by atomic mass is 10.2. The van der Waals surface area contributed by atoms with Crippen molar-refractivity contribution in [2.24, 2.45) is 0 Å². The smallest absolute Gasteiger partial charge is 0.254 e. The molecule has 28 heavy (non-hydrogen) atoms. The van der Waals surface area contributed by atoms with Crippen LogP contribution in [0.25, 0.3) is 0 Å². The Morgan fingerprint density at radius 3 is 2.68 bits per heavy atom. The molecule has 0 radical (unpaired) electrons. The van der Waals surface area contributed by atoms with Gasteiger partial charge in [0.25, 0.3) is 5.91 Å². The summed E-state index contributed by atoms with van der Waals surface area (Å²) in [5, 5.41) is 10.6. The molecular formula is C18H24FN5O3S. The number of benzene rings is 1. The molecule has 0 unspecified atom stereocenters. The van der Waals surface area contributed by atoms with Gasteiger partial charge in [0.2, 0.25) is 10.0 Å². The molecule has 1 N–H and O–H groups in total. The van der Waals surface area contributed by atoms with Crippen LogP contribution < -0.4 is 5.32 Å². The molecule has 1 aromatic carbocycles. The van der Waals surface area contributed by atoms with Crippen LogP contribution in [0.2, 0.25) is 0 Å². The van der Waals surface area contributed by atoms with E-state index in [0.29, 0.717) is 25.6 Å². The molecule has 1 amide bonds. The average molecular weight is 409 g/mol. The number of nitrogens with zero attached hydrogens (tertiary/aromatic N) is 4. The maximum Gasteiger partial charge on any atom is 0.254 e. The Bertz CT molecular complexity index is 952. The van der Waals surface area contributed by atoms with Crippen LogP contribution in [0.5, 0.6) is 0 Å². The second kappa shape index (κ2) is 8.36. The van der Waals surface area contributed by atoms with Crippen molar-refractivity contribution in [1.82, 2.24) is 24.4 Å². The number of carbonyl (C=O) groups excluding carboxylic acids is 1. The minimum Gasteiger partial charge on any atom is -0.350 e. The van der Waals surface area contributed by atoms with E-state index >= 15 is 0 Å². The van der Waals surface area contributed by atoms with E-state index in [1.807, 2.05) is 4.57 Å². The summed E-state index contributed by atoms with van der Waals surface area (Å²) in [5.74, 6) is -0.0977. The lowest BCUT2D eigenvalue weighted by molar-refractivity contribution is 0.0948. The Morgan fingerprint density at radius 2 is 2.04 bits per heavy atom. The van der Waals surface area contributed by atoms with Crippen LogP contribution in [0.4, 0.5) is 4.39 Å². The minimum absolute atomic E-state index is 0.0995. The highest BCUT2D eigenvalue weighted by Crippen LogP contribution is 2.38. The van der Waals surface area contributed by atoms with E-state index in [1.165, 1.54) is 10.4 Å². The highest BCUT2D eigenvalue weighted by Gasteiger charge is 2.28. The van der Waals surface area contributed by atoms with Gasteiger partial charge >= 0.3 is 0 Å². The van der Waals surface area contributed by atoms with Crippen molar-refractivity contribution in [3.05, 3.63) is 41.7 Å². The van der Waals surface area contributed by atoms with Gasteiger partial charge in [-0.3, -0.25) is 4.79 Å². The number of sulfonamides is 1. The zero-order valence-electron chi connectivity index (χ0n) is 15.9. The van der Waals surface area contributed by atoms with Crippen LogP contribution in [-0.2, 0) is 16.6 Å². The van der Waals surface area contributed by atoms with Crippen LogP contribution >= 0.6 is 0 Å². The van der Waals surface area contributed by atoms with Crippen molar-refractivity contribution in [1.29, 1.82) is 0 Å². The number of halogens is 1. The molecule has 0 atom stereocenters. The second-order valence-electron chi connectivity index (χ2n) is 6.64. The fourth-order valence-electron chi connectivity index (χ4n) is 3.03. The van der Waals surface area contributed by atoms with Crippen molar-refractivity contribution in [2.45, 2.75) is 44.0 Å². The lowest BCUT2D eigenvalue weighted by Gasteiger charge is -2.19. The van der Waals surface area contributed by atoms with Gasteiger partial charge in [-0.25, -0.2) is 12.8 Å². The van der Waals surface area contributed by atoms with Crippen molar-refractivity contribution in [2.75, 3.05) is 19.6 Å². The summed E-state index contributed by atoms with van der Waals surface area (Å²) in [6.07, 6.45) is 3.78. The molecule has 2 aromatic rings. The summed E-state index contributed by atoms with van der Waals surface area (Å²) in [7, 11) is -3.77. The first kappa shape index (κ1) is 20.4. The average Bonchev–Trinajstić information content (AvgIpc) is 3.41. The van der Waals surface area contributed by atoms with Crippen LogP contribution in [0, 0.1) is 5.82 Å². The second-order valence-corrected chi connectivity index (χ2v) is 8.58. The molecule has 1 fully saturated rings. The monoisotopic (exact) mass is 409 g/mol. The first-order valence-corrected chi connectivity index (χ1v) is 10.8. The number of aromatic nitrogens is 3. The Kier molecular flexibility index (Phi) is 6.09. The molecule has 1 saturated carbocycles. The molecule has 0 bridgehead atoms. The fourth-order valence-corrected chi connectivity index (χ4v) is 4.52. The van der Waals surface area contributed by atoms with Crippen LogP contribution in [0.15, 0.2) is 29.4 Å². The number of rotatable bonds is 9. The SMILES string of the molecule is CCN(CC)S(=O)(=O)c1ccc(F)c(C(=O)NCCn2cnnc2C2CC2)c1. The van der Waals surface area contributed by atoms with Crippen molar-refractivity contribution < 1.29 is 17.6 Å². The number of hydrogen-bond acceptors (Lipinski definition) is 5. The van der Waals surface area contributed by atoms with E-state index in [-0.39, 0.29) is 17.0 Å². The van der Waals surface area contributed by atoms with Gasteiger partial charge in [0.1, 0.15) is 18.0 Å². The van der Waals surface area contributed by atoms with Gasteiger partial charge in [-0.05, 0) is 31.0 Å². The van der Waals surface area contributed by atoms with Crippen molar-refractivity contribution in [3.8, 4) is 0 Å². The first-order valence-electron chi connectivity index (χ1n) is 9.34. The van der Waals surface area contributed by atoms with Gasteiger partial charge in [-0.2, -0.15) is 4.31 Å². The molecule has 152 valence electrons. The van der Waals surface area contributed by atoms with E-state index in [2.05, 4.69) is 15.5 Å². The lowest BCUT2D eigenvalue weighted by Crippen LogP contribution is -2.31. The zero-order valence-corrected chi connectivity index (χ0v) is 16.7. The highest BCUT2D eigenvalue weighted by atomic mass is 32.2. The molecule has 3 rings (SSSR count). The van der Waals surface area contributed by atoms with E-state index in [4.69, 9.17) is 0 Å². The van der Waals surface area contributed by atoms with Crippen molar-refractivity contribution >= 4 is 15.9 Å². The molecule has 8 nitrogen and oxygen atoms in total. The predicted octanol–water partition coefficient (Wildman–Crippen LogP) is 1.76. The molecular weight excluding hydrogens is 385 g/mol. The third-order valence-corrected chi connectivity index (χ3v) is 6.80. The Balaban J connectivity index is 1.70. The summed E-state index contributed by atoms with van der Waals surface area (Å²) in [5.41, 5.74) is -0.292. The van der Waals surface area contributed by atoms with E-state index in [1.54, 1.807) is 20.2 Å². The number of hydrogen-bond donors (Lipinski definition) is 1. The van der Waals surface area contributed by atoms with Gasteiger partial charge in [-0.1, -0.05) is 13.8 Å². The molecule has 10 heteroatoms. The first-order chi connectivity index (χ1) is 13.4. The molecule has 0 saturated heterocycles. The largest absolute Gasteiger partial charge is 0.350 e. The van der Waals surface area contributed by atoms with Crippen molar-refractivity contribution in [3.63, 3.8) is 0 Å². The molecule has 1 aromatic heterocycles.